The standard InChI is InChI=1S/C14H16N2O2/c17-9-10-4-3-7-16(10)14(18)12-8-15-13-6-2-1-5-11(12)13/h1-2,5-6,8,10,15,17H,3-4,7,9H2/t10-/m0/s1. The van der Waals surface area contributed by atoms with E-state index in [-0.39, 0.29) is 18.6 Å². The van der Waals surface area contributed by atoms with E-state index in [0.717, 1.165) is 30.3 Å². The summed E-state index contributed by atoms with van der Waals surface area (Å²) < 4.78 is 0. The maximum Gasteiger partial charge on any atom is 0.256 e. The molecule has 1 aromatic carbocycles. The molecular weight excluding hydrogens is 228 g/mol. The predicted octanol–water partition coefficient (Wildman–Crippen LogP) is 1.76. The Labute approximate surface area is 105 Å². The first-order valence-electron chi connectivity index (χ1n) is 6.29. The Hall–Kier alpha value is -1.81. The summed E-state index contributed by atoms with van der Waals surface area (Å²) in [6, 6.07) is 7.76. The van der Waals surface area contributed by atoms with Gasteiger partial charge >= 0.3 is 0 Å². The van der Waals surface area contributed by atoms with Crippen molar-refractivity contribution in [3.05, 3.63) is 36.0 Å². The number of hydrogen-bond donors (Lipinski definition) is 2. The van der Waals surface area contributed by atoms with E-state index in [9.17, 15) is 9.90 Å². The van der Waals surface area contributed by atoms with Crippen molar-refractivity contribution in [3.63, 3.8) is 0 Å². The van der Waals surface area contributed by atoms with Gasteiger partial charge in [-0.1, -0.05) is 18.2 Å². The smallest absolute Gasteiger partial charge is 0.256 e. The first kappa shape index (κ1) is 11.3. The predicted molar refractivity (Wildman–Crippen MR) is 69.4 cm³/mol. The minimum absolute atomic E-state index is 0.0176. The van der Waals surface area contributed by atoms with Crippen molar-refractivity contribution >= 4 is 16.8 Å². The second-order valence-corrected chi connectivity index (χ2v) is 4.73. The highest BCUT2D eigenvalue weighted by molar-refractivity contribution is 6.06. The molecule has 2 aromatic rings. The second-order valence-electron chi connectivity index (χ2n) is 4.73. The quantitative estimate of drug-likeness (QED) is 0.845. The van der Waals surface area contributed by atoms with Gasteiger partial charge in [0.1, 0.15) is 0 Å². The number of carbonyl (C=O) groups is 1. The Morgan fingerprint density at radius 1 is 1.44 bits per heavy atom. The summed E-state index contributed by atoms with van der Waals surface area (Å²) >= 11 is 0. The highest BCUT2D eigenvalue weighted by Gasteiger charge is 2.29. The molecule has 1 amide bonds. The molecule has 2 heterocycles. The average molecular weight is 244 g/mol. The number of fused-ring (bicyclic) bond motifs is 1. The zero-order chi connectivity index (χ0) is 12.5. The Kier molecular flexibility index (Phi) is 2.80. The molecule has 18 heavy (non-hydrogen) atoms. The molecule has 1 aliphatic heterocycles. The van der Waals surface area contributed by atoms with Crippen LogP contribution < -0.4 is 0 Å². The molecule has 1 saturated heterocycles. The molecule has 0 bridgehead atoms. The van der Waals surface area contributed by atoms with Gasteiger partial charge in [-0.3, -0.25) is 4.79 Å². The van der Waals surface area contributed by atoms with Gasteiger partial charge in [-0.05, 0) is 18.9 Å². The molecule has 0 spiro atoms. The second kappa shape index (κ2) is 4.46. The molecule has 1 aromatic heterocycles. The van der Waals surface area contributed by atoms with E-state index in [1.54, 1.807) is 11.1 Å². The summed E-state index contributed by atoms with van der Waals surface area (Å²) in [6.45, 7) is 0.789. The van der Waals surface area contributed by atoms with Crippen LogP contribution in [0.15, 0.2) is 30.5 Å². The molecule has 94 valence electrons. The van der Waals surface area contributed by atoms with Crippen LogP contribution in [0.1, 0.15) is 23.2 Å². The van der Waals surface area contributed by atoms with Crippen LogP contribution in [-0.4, -0.2) is 40.1 Å². The zero-order valence-electron chi connectivity index (χ0n) is 10.1. The number of nitrogens with one attached hydrogen (secondary N) is 1. The number of aliphatic hydroxyl groups excluding tert-OH is 1. The molecule has 2 N–H and O–H groups in total. The van der Waals surface area contributed by atoms with Crippen LogP contribution in [0.4, 0.5) is 0 Å². The van der Waals surface area contributed by atoms with E-state index < -0.39 is 0 Å². The molecular formula is C14H16N2O2. The minimum atomic E-state index is -0.0221. The molecule has 3 rings (SSSR count). The number of benzene rings is 1. The fourth-order valence-electron chi connectivity index (χ4n) is 2.70. The van der Waals surface area contributed by atoms with Gasteiger partial charge < -0.3 is 15.0 Å². The van der Waals surface area contributed by atoms with Gasteiger partial charge in [0, 0.05) is 23.6 Å². The fourth-order valence-corrected chi connectivity index (χ4v) is 2.70. The van der Waals surface area contributed by atoms with E-state index in [1.807, 2.05) is 24.3 Å². The van der Waals surface area contributed by atoms with Gasteiger partial charge in [-0.2, -0.15) is 0 Å². The van der Waals surface area contributed by atoms with Crippen molar-refractivity contribution in [3.8, 4) is 0 Å². The number of aliphatic hydroxyl groups is 1. The largest absolute Gasteiger partial charge is 0.394 e. The number of amides is 1. The maximum atomic E-state index is 12.5. The van der Waals surface area contributed by atoms with Crippen molar-refractivity contribution in [1.82, 2.24) is 9.88 Å². The molecule has 1 aliphatic rings. The SMILES string of the molecule is O=C(c1c[nH]c2ccccc12)N1CCC[C@H]1CO. The summed E-state index contributed by atoms with van der Waals surface area (Å²) in [5, 5.41) is 10.2. The van der Waals surface area contributed by atoms with E-state index in [2.05, 4.69) is 4.98 Å². The third-order valence-electron chi connectivity index (χ3n) is 3.67. The lowest BCUT2D eigenvalue weighted by atomic mass is 10.1. The van der Waals surface area contributed by atoms with Crippen LogP contribution >= 0.6 is 0 Å². The van der Waals surface area contributed by atoms with E-state index in [0.29, 0.717) is 5.56 Å². The summed E-state index contributed by atoms with van der Waals surface area (Å²) in [5.41, 5.74) is 1.67. The minimum Gasteiger partial charge on any atom is -0.394 e. The highest BCUT2D eigenvalue weighted by Crippen LogP contribution is 2.24. The molecule has 1 atom stereocenters. The first-order valence-corrected chi connectivity index (χ1v) is 6.29. The van der Waals surface area contributed by atoms with Crippen molar-refractivity contribution in [2.75, 3.05) is 13.2 Å². The number of hydrogen-bond acceptors (Lipinski definition) is 2. The topological polar surface area (TPSA) is 56.3 Å². The van der Waals surface area contributed by atoms with Gasteiger partial charge in [0.2, 0.25) is 0 Å². The molecule has 0 saturated carbocycles. The Balaban J connectivity index is 1.97. The fraction of sp³-hybridized carbons (Fsp3) is 0.357. The highest BCUT2D eigenvalue weighted by atomic mass is 16.3. The number of H-pyrrole nitrogens is 1. The molecule has 4 nitrogen and oxygen atoms in total. The number of nitrogens with zero attached hydrogens (tertiary/aromatic N) is 1. The lowest BCUT2D eigenvalue weighted by Crippen LogP contribution is -2.37. The number of rotatable bonds is 2. The molecule has 1 fully saturated rings. The molecule has 0 aliphatic carbocycles. The van der Waals surface area contributed by atoms with E-state index in [4.69, 9.17) is 0 Å². The number of para-hydroxylation sites is 1. The van der Waals surface area contributed by atoms with Gasteiger partial charge in [-0.15, -0.1) is 0 Å². The van der Waals surface area contributed by atoms with Gasteiger partial charge in [-0.25, -0.2) is 0 Å². The van der Waals surface area contributed by atoms with Crippen molar-refractivity contribution < 1.29 is 9.90 Å². The summed E-state index contributed by atoms with van der Waals surface area (Å²) in [4.78, 5) is 17.4. The monoisotopic (exact) mass is 244 g/mol. The van der Waals surface area contributed by atoms with Crippen LogP contribution in [0.25, 0.3) is 10.9 Å². The molecule has 4 heteroatoms. The average Bonchev–Trinajstić information content (AvgIpc) is 3.04. The first-order chi connectivity index (χ1) is 8.81. The Morgan fingerprint density at radius 3 is 3.11 bits per heavy atom. The van der Waals surface area contributed by atoms with Crippen LogP contribution in [0.3, 0.4) is 0 Å². The van der Waals surface area contributed by atoms with Crippen LogP contribution in [0.2, 0.25) is 0 Å². The van der Waals surface area contributed by atoms with Gasteiger partial charge in [0.15, 0.2) is 0 Å². The lowest BCUT2D eigenvalue weighted by molar-refractivity contribution is 0.0679. The summed E-state index contributed by atoms with van der Waals surface area (Å²) in [5.74, 6) is 0.0176. The van der Waals surface area contributed by atoms with Crippen molar-refractivity contribution in [2.24, 2.45) is 0 Å². The van der Waals surface area contributed by atoms with Crippen molar-refractivity contribution in [2.45, 2.75) is 18.9 Å². The van der Waals surface area contributed by atoms with Crippen LogP contribution in [-0.2, 0) is 0 Å². The van der Waals surface area contributed by atoms with E-state index in [1.165, 1.54) is 0 Å². The third kappa shape index (κ3) is 1.69. The normalized spacial score (nSPS) is 19.6. The zero-order valence-corrected chi connectivity index (χ0v) is 10.1. The number of aromatic nitrogens is 1. The number of aromatic amines is 1. The Bertz CT molecular complexity index is 576. The maximum absolute atomic E-state index is 12.5. The van der Waals surface area contributed by atoms with Crippen molar-refractivity contribution in [1.29, 1.82) is 0 Å². The molecule has 0 radical (unpaired) electrons. The van der Waals surface area contributed by atoms with Gasteiger partial charge in [0.25, 0.3) is 5.91 Å². The lowest BCUT2D eigenvalue weighted by Gasteiger charge is -2.22. The van der Waals surface area contributed by atoms with Crippen LogP contribution in [0, 0.1) is 0 Å². The third-order valence-corrected chi connectivity index (χ3v) is 3.67. The van der Waals surface area contributed by atoms with E-state index >= 15 is 0 Å². The number of likely N-dealkylation sites (tertiary alicyclic amines) is 1. The number of carbonyl (C=O) groups excluding carboxylic acids is 1. The van der Waals surface area contributed by atoms with Crippen LogP contribution in [0.5, 0.6) is 0 Å². The summed E-state index contributed by atoms with van der Waals surface area (Å²) in [6.07, 6.45) is 3.63. The molecule has 0 unspecified atom stereocenters. The van der Waals surface area contributed by atoms with Gasteiger partial charge in [0.05, 0.1) is 18.2 Å². The summed E-state index contributed by atoms with van der Waals surface area (Å²) in [7, 11) is 0. The Morgan fingerprint density at radius 2 is 2.28 bits per heavy atom.